The van der Waals surface area contributed by atoms with Crippen molar-refractivity contribution in [3.8, 4) is 5.75 Å². The highest BCUT2D eigenvalue weighted by Crippen LogP contribution is 2.17. The van der Waals surface area contributed by atoms with Crippen LogP contribution in [0.4, 0.5) is 5.69 Å². The summed E-state index contributed by atoms with van der Waals surface area (Å²) in [5, 5.41) is 13.9. The van der Waals surface area contributed by atoms with Crippen LogP contribution >= 0.6 is 11.6 Å². The minimum Gasteiger partial charge on any atom is -0.482 e. The first-order valence-electron chi connectivity index (χ1n) is 7.93. The number of nitro groups is 1. The molecule has 9 heteroatoms. The normalized spacial score (nSPS) is 11.3. The van der Waals surface area contributed by atoms with Gasteiger partial charge in [0.15, 0.2) is 13.2 Å². The summed E-state index contributed by atoms with van der Waals surface area (Å²) in [6, 6.07) is 12.0. The number of halogens is 1. The number of nitro benzene ring substituents is 1. The molecule has 142 valence electrons. The van der Waals surface area contributed by atoms with Gasteiger partial charge in [-0.05, 0) is 36.8 Å². The molecule has 0 saturated heterocycles. The van der Waals surface area contributed by atoms with E-state index in [0.29, 0.717) is 5.02 Å². The third-order valence-corrected chi connectivity index (χ3v) is 3.77. The maximum absolute atomic E-state index is 11.9. The molecule has 0 aliphatic heterocycles. The molecular weight excluding hydrogens is 376 g/mol. The van der Waals surface area contributed by atoms with Crippen LogP contribution in [-0.4, -0.2) is 30.0 Å². The molecule has 1 atom stereocenters. The summed E-state index contributed by atoms with van der Waals surface area (Å²) < 4.78 is 9.99. The van der Waals surface area contributed by atoms with E-state index < -0.39 is 30.0 Å². The van der Waals surface area contributed by atoms with Crippen molar-refractivity contribution in [1.29, 1.82) is 0 Å². The van der Waals surface area contributed by atoms with Crippen LogP contribution in [0.15, 0.2) is 48.5 Å². The number of hydrogen-bond donors (Lipinski definition) is 1. The van der Waals surface area contributed by atoms with Crippen LogP contribution in [0.5, 0.6) is 5.75 Å². The maximum atomic E-state index is 11.9. The van der Waals surface area contributed by atoms with Crippen molar-refractivity contribution in [2.45, 2.75) is 13.0 Å². The number of nitrogens with zero attached hydrogens (tertiary/aromatic N) is 1. The largest absolute Gasteiger partial charge is 0.482 e. The van der Waals surface area contributed by atoms with Crippen LogP contribution in [0.2, 0.25) is 5.02 Å². The molecule has 0 saturated carbocycles. The number of nitrogens with one attached hydrogen (secondary N) is 1. The number of carbonyl (C=O) groups is 2. The quantitative estimate of drug-likeness (QED) is 0.420. The van der Waals surface area contributed by atoms with E-state index >= 15 is 0 Å². The highest BCUT2D eigenvalue weighted by molar-refractivity contribution is 6.30. The van der Waals surface area contributed by atoms with Gasteiger partial charge in [-0.15, -0.1) is 0 Å². The number of rotatable bonds is 8. The standard InChI is InChI=1S/C18H17ClN2O6/c1-12(13-2-4-14(19)5-3-13)20-17(22)10-27-18(23)11-26-16-8-6-15(7-9-16)21(24)25/h2-9,12H,10-11H2,1H3,(H,20,22)/t12-/m0/s1. The van der Waals surface area contributed by atoms with E-state index in [1.807, 2.05) is 0 Å². The summed E-state index contributed by atoms with van der Waals surface area (Å²) >= 11 is 5.82. The second kappa shape index (κ2) is 9.54. The fourth-order valence-electron chi connectivity index (χ4n) is 2.11. The predicted octanol–water partition coefficient (Wildman–Crippen LogP) is 3.05. The van der Waals surface area contributed by atoms with Gasteiger partial charge in [0.2, 0.25) is 0 Å². The molecule has 2 rings (SSSR count). The van der Waals surface area contributed by atoms with Gasteiger partial charge in [-0.1, -0.05) is 23.7 Å². The van der Waals surface area contributed by atoms with Crippen molar-refractivity contribution >= 4 is 29.2 Å². The molecule has 1 N–H and O–H groups in total. The van der Waals surface area contributed by atoms with Crippen molar-refractivity contribution in [2.75, 3.05) is 13.2 Å². The van der Waals surface area contributed by atoms with Crippen LogP contribution in [0.3, 0.4) is 0 Å². The second-order valence-electron chi connectivity index (χ2n) is 5.54. The van der Waals surface area contributed by atoms with E-state index in [0.717, 1.165) is 5.56 Å². The van der Waals surface area contributed by atoms with Crippen LogP contribution in [-0.2, 0) is 14.3 Å². The van der Waals surface area contributed by atoms with Crippen molar-refractivity contribution in [2.24, 2.45) is 0 Å². The topological polar surface area (TPSA) is 108 Å². The van der Waals surface area contributed by atoms with Gasteiger partial charge in [0.05, 0.1) is 11.0 Å². The third kappa shape index (κ3) is 6.59. The van der Waals surface area contributed by atoms with Gasteiger partial charge < -0.3 is 14.8 Å². The van der Waals surface area contributed by atoms with Crippen LogP contribution in [0, 0.1) is 10.1 Å². The van der Waals surface area contributed by atoms with E-state index in [4.69, 9.17) is 21.1 Å². The molecule has 0 heterocycles. The number of non-ortho nitro benzene ring substituents is 1. The summed E-state index contributed by atoms with van der Waals surface area (Å²) in [4.78, 5) is 33.5. The molecule has 0 radical (unpaired) electrons. The van der Waals surface area contributed by atoms with E-state index in [2.05, 4.69) is 5.32 Å². The molecule has 0 unspecified atom stereocenters. The fraction of sp³-hybridized carbons (Fsp3) is 0.222. The molecule has 2 aromatic carbocycles. The fourth-order valence-corrected chi connectivity index (χ4v) is 2.24. The Morgan fingerprint density at radius 2 is 1.74 bits per heavy atom. The Labute approximate surface area is 160 Å². The number of ether oxygens (including phenoxy) is 2. The Bertz CT molecular complexity index is 808. The first-order valence-corrected chi connectivity index (χ1v) is 8.30. The molecule has 0 fully saturated rings. The van der Waals surface area contributed by atoms with Crippen molar-refractivity contribution in [1.82, 2.24) is 5.32 Å². The Morgan fingerprint density at radius 3 is 2.33 bits per heavy atom. The lowest BCUT2D eigenvalue weighted by molar-refractivity contribution is -0.384. The Balaban J connectivity index is 1.72. The Hall–Kier alpha value is -3.13. The number of benzene rings is 2. The average molecular weight is 393 g/mol. The zero-order valence-corrected chi connectivity index (χ0v) is 15.1. The second-order valence-corrected chi connectivity index (χ2v) is 5.98. The highest BCUT2D eigenvalue weighted by atomic mass is 35.5. The first-order chi connectivity index (χ1) is 12.8. The number of hydrogen-bond acceptors (Lipinski definition) is 6. The number of esters is 1. The molecule has 0 spiro atoms. The Morgan fingerprint density at radius 1 is 1.11 bits per heavy atom. The lowest BCUT2D eigenvalue weighted by Gasteiger charge is -2.14. The molecular formula is C18H17ClN2O6. The molecule has 0 aliphatic rings. The van der Waals surface area contributed by atoms with E-state index in [9.17, 15) is 19.7 Å². The summed E-state index contributed by atoms with van der Waals surface area (Å²) in [5.41, 5.74) is 0.775. The molecule has 0 aromatic heterocycles. The summed E-state index contributed by atoms with van der Waals surface area (Å²) in [7, 11) is 0. The molecule has 0 aliphatic carbocycles. The van der Waals surface area contributed by atoms with Gasteiger partial charge >= 0.3 is 5.97 Å². The molecule has 1 amide bonds. The molecule has 8 nitrogen and oxygen atoms in total. The monoisotopic (exact) mass is 392 g/mol. The van der Waals surface area contributed by atoms with Gasteiger partial charge in [0.1, 0.15) is 5.75 Å². The van der Waals surface area contributed by atoms with E-state index in [1.54, 1.807) is 31.2 Å². The molecule has 0 bridgehead atoms. The van der Waals surface area contributed by atoms with Gasteiger partial charge in [-0.2, -0.15) is 0 Å². The van der Waals surface area contributed by atoms with Gasteiger partial charge in [-0.25, -0.2) is 4.79 Å². The van der Waals surface area contributed by atoms with Crippen LogP contribution < -0.4 is 10.1 Å². The summed E-state index contributed by atoms with van der Waals surface area (Å²) in [5.74, 6) is -0.915. The molecule has 27 heavy (non-hydrogen) atoms. The summed E-state index contributed by atoms with van der Waals surface area (Å²) in [6.45, 7) is 0.929. The van der Waals surface area contributed by atoms with Crippen LogP contribution in [0.1, 0.15) is 18.5 Å². The van der Waals surface area contributed by atoms with E-state index in [-0.39, 0.29) is 17.5 Å². The third-order valence-electron chi connectivity index (χ3n) is 3.52. The zero-order valence-electron chi connectivity index (χ0n) is 14.4. The smallest absolute Gasteiger partial charge is 0.344 e. The Kier molecular flexibility index (Phi) is 7.13. The molecule has 2 aromatic rings. The predicted molar refractivity (Wildman–Crippen MR) is 97.6 cm³/mol. The number of carbonyl (C=O) groups excluding carboxylic acids is 2. The van der Waals surface area contributed by atoms with Crippen molar-refractivity contribution < 1.29 is 24.0 Å². The average Bonchev–Trinajstić information content (AvgIpc) is 2.65. The zero-order chi connectivity index (χ0) is 19.8. The SMILES string of the molecule is C[C@H](NC(=O)COC(=O)COc1ccc([N+](=O)[O-])cc1)c1ccc(Cl)cc1. The first kappa shape index (κ1) is 20.2. The minimum atomic E-state index is -0.734. The van der Waals surface area contributed by atoms with Crippen molar-refractivity contribution in [3.05, 3.63) is 69.2 Å². The van der Waals surface area contributed by atoms with Crippen LogP contribution in [0.25, 0.3) is 0 Å². The van der Waals surface area contributed by atoms with E-state index in [1.165, 1.54) is 24.3 Å². The lowest BCUT2D eigenvalue weighted by atomic mass is 10.1. The van der Waals surface area contributed by atoms with Gasteiger partial charge in [0, 0.05) is 17.2 Å². The minimum absolute atomic E-state index is 0.0867. The summed E-state index contributed by atoms with van der Waals surface area (Å²) in [6.07, 6.45) is 0. The van der Waals surface area contributed by atoms with Crippen molar-refractivity contribution in [3.63, 3.8) is 0 Å². The van der Waals surface area contributed by atoms with Gasteiger partial charge in [0.25, 0.3) is 11.6 Å². The number of amides is 1. The highest BCUT2D eigenvalue weighted by Gasteiger charge is 2.13. The van der Waals surface area contributed by atoms with Gasteiger partial charge in [-0.3, -0.25) is 14.9 Å². The maximum Gasteiger partial charge on any atom is 0.344 e. The lowest BCUT2D eigenvalue weighted by Crippen LogP contribution is -2.31.